The first-order valence-electron chi connectivity index (χ1n) is 13.4. The van der Waals surface area contributed by atoms with Gasteiger partial charge in [0.1, 0.15) is 5.54 Å². The summed E-state index contributed by atoms with van der Waals surface area (Å²) in [5, 5.41) is 14.0. The van der Waals surface area contributed by atoms with Crippen LogP contribution in [0.2, 0.25) is 0 Å². The molecule has 2 amide bonds. The Labute approximate surface area is 211 Å². The van der Waals surface area contributed by atoms with Gasteiger partial charge in [-0.1, -0.05) is 63.5 Å². The van der Waals surface area contributed by atoms with Crippen LogP contribution in [0, 0.1) is 17.8 Å². The summed E-state index contributed by atoms with van der Waals surface area (Å²) in [6, 6.07) is 5.96. The number of hydrogen-bond donors (Lipinski definition) is 2. The Morgan fingerprint density at radius 1 is 0.972 bits per heavy atom. The molecule has 0 spiro atoms. The van der Waals surface area contributed by atoms with Crippen LogP contribution in [-0.2, 0) is 19.1 Å². The molecule has 2 aliphatic carbocycles. The van der Waals surface area contributed by atoms with Crippen LogP contribution in [0.5, 0.6) is 0 Å². The Morgan fingerprint density at radius 2 is 1.58 bits per heavy atom. The first-order chi connectivity index (χ1) is 17.4. The highest BCUT2D eigenvalue weighted by Crippen LogP contribution is 2.53. The number of carbonyl (C=O) groups excluding carboxylic acids is 3. The number of aliphatic carboxylic acids is 1. The molecule has 2 aliphatic heterocycles. The largest absolute Gasteiger partial charge is 0.480 e. The molecule has 4 atom stereocenters. The summed E-state index contributed by atoms with van der Waals surface area (Å²) in [6.07, 6.45) is 10.1. The van der Waals surface area contributed by atoms with Crippen LogP contribution in [0.25, 0.3) is 0 Å². The SMILES string of the molecule is COC(=O)c1ccc(C2NC(CC3CCCCC3)(C(=O)O)C3C(=O)N(C4CCCCC4)C(=O)C23)cc1. The minimum atomic E-state index is -1.49. The van der Waals surface area contributed by atoms with Crippen LogP contribution < -0.4 is 5.32 Å². The number of benzene rings is 1. The molecule has 2 heterocycles. The van der Waals surface area contributed by atoms with E-state index >= 15 is 0 Å². The highest BCUT2D eigenvalue weighted by Gasteiger charge is 2.69. The van der Waals surface area contributed by atoms with Crippen LogP contribution in [0.1, 0.15) is 92.6 Å². The van der Waals surface area contributed by atoms with Gasteiger partial charge < -0.3 is 9.84 Å². The molecule has 5 rings (SSSR count). The molecule has 0 radical (unpaired) electrons. The average Bonchev–Trinajstić information content (AvgIpc) is 3.38. The molecule has 1 aromatic carbocycles. The number of imide groups is 1. The molecule has 0 aromatic heterocycles. The van der Waals surface area contributed by atoms with Gasteiger partial charge >= 0.3 is 11.9 Å². The highest BCUT2D eigenvalue weighted by molar-refractivity contribution is 6.09. The van der Waals surface area contributed by atoms with Crippen molar-refractivity contribution in [3.8, 4) is 0 Å². The maximum Gasteiger partial charge on any atom is 0.337 e. The summed E-state index contributed by atoms with van der Waals surface area (Å²) in [5.74, 6) is -3.60. The van der Waals surface area contributed by atoms with Crippen LogP contribution in [0.3, 0.4) is 0 Å². The second kappa shape index (κ2) is 9.96. The van der Waals surface area contributed by atoms with E-state index in [9.17, 15) is 24.3 Å². The lowest BCUT2D eigenvalue weighted by atomic mass is 9.72. The van der Waals surface area contributed by atoms with Crippen molar-refractivity contribution < 1.29 is 29.0 Å². The second-order valence-electron chi connectivity index (χ2n) is 11.1. The number of nitrogens with zero attached hydrogens (tertiary/aromatic N) is 1. The molecule has 1 aromatic rings. The molecule has 4 fully saturated rings. The molecule has 2 saturated carbocycles. The van der Waals surface area contributed by atoms with Gasteiger partial charge in [-0.15, -0.1) is 0 Å². The topological polar surface area (TPSA) is 113 Å². The van der Waals surface area contributed by atoms with Crippen molar-refractivity contribution in [2.75, 3.05) is 7.11 Å². The monoisotopic (exact) mass is 496 g/mol. The van der Waals surface area contributed by atoms with E-state index < -0.39 is 35.4 Å². The Morgan fingerprint density at radius 3 is 2.17 bits per heavy atom. The predicted octanol–water partition coefficient (Wildman–Crippen LogP) is 3.85. The number of carbonyl (C=O) groups is 4. The van der Waals surface area contributed by atoms with Crippen molar-refractivity contribution >= 4 is 23.8 Å². The number of hydrogen-bond acceptors (Lipinski definition) is 6. The van der Waals surface area contributed by atoms with Gasteiger partial charge in [0.25, 0.3) is 0 Å². The van der Waals surface area contributed by atoms with E-state index in [1.54, 1.807) is 24.3 Å². The number of esters is 1. The summed E-state index contributed by atoms with van der Waals surface area (Å²) in [7, 11) is 1.31. The maximum atomic E-state index is 14.0. The van der Waals surface area contributed by atoms with Gasteiger partial charge in [0.15, 0.2) is 0 Å². The summed E-state index contributed by atoms with van der Waals surface area (Å²) >= 11 is 0. The van der Waals surface area contributed by atoms with E-state index in [0.717, 1.165) is 64.2 Å². The quantitative estimate of drug-likeness (QED) is 0.454. The van der Waals surface area contributed by atoms with Crippen LogP contribution in [-0.4, -0.2) is 52.4 Å². The number of likely N-dealkylation sites (tertiary alicyclic amines) is 1. The fraction of sp³-hybridized carbons (Fsp3) is 0.643. The number of carboxylic acid groups (broad SMARTS) is 1. The Bertz CT molecular complexity index is 1030. The smallest absolute Gasteiger partial charge is 0.337 e. The zero-order valence-electron chi connectivity index (χ0n) is 20.9. The van der Waals surface area contributed by atoms with E-state index in [0.29, 0.717) is 17.5 Å². The summed E-state index contributed by atoms with van der Waals surface area (Å²) < 4.78 is 4.79. The van der Waals surface area contributed by atoms with E-state index in [2.05, 4.69) is 5.32 Å². The Hall–Kier alpha value is -2.74. The Kier molecular flexibility index (Phi) is 6.90. The third-order valence-corrected chi connectivity index (χ3v) is 9.04. The van der Waals surface area contributed by atoms with E-state index in [1.165, 1.54) is 12.0 Å². The van der Waals surface area contributed by atoms with E-state index in [1.807, 2.05) is 0 Å². The van der Waals surface area contributed by atoms with Gasteiger partial charge in [0.05, 0.1) is 24.5 Å². The fourth-order valence-corrected chi connectivity index (χ4v) is 7.27. The molecule has 8 nitrogen and oxygen atoms in total. The van der Waals surface area contributed by atoms with E-state index in [-0.39, 0.29) is 23.8 Å². The van der Waals surface area contributed by atoms with Crippen molar-refractivity contribution in [3.05, 3.63) is 35.4 Å². The summed E-state index contributed by atoms with van der Waals surface area (Å²) in [4.78, 5) is 54.3. The molecule has 36 heavy (non-hydrogen) atoms. The number of amides is 2. The highest BCUT2D eigenvalue weighted by atomic mass is 16.5. The lowest BCUT2D eigenvalue weighted by Gasteiger charge is -2.37. The van der Waals surface area contributed by atoms with Gasteiger partial charge in [0, 0.05) is 12.1 Å². The molecule has 194 valence electrons. The molecule has 4 unspecified atom stereocenters. The zero-order chi connectivity index (χ0) is 25.4. The average molecular weight is 497 g/mol. The van der Waals surface area contributed by atoms with Crippen molar-refractivity contribution in [2.45, 2.75) is 88.3 Å². The van der Waals surface area contributed by atoms with Gasteiger partial charge in [0.2, 0.25) is 11.8 Å². The molecule has 2 N–H and O–H groups in total. The third kappa shape index (κ3) is 4.13. The summed E-state index contributed by atoms with van der Waals surface area (Å²) in [5.41, 5.74) is -0.412. The predicted molar refractivity (Wildman–Crippen MR) is 131 cm³/mol. The lowest BCUT2D eigenvalue weighted by Crippen LogP contribution is -2.57. The normalized spacial score (nSPS) is 31.5. The minimum Gasteiger partial charge on any atom is -0.480 e. The maximum absolute atomic E-state index is 14.0. The number of ether oxygens (including phenoxy) is 1. The van der Waals surface area contributed by atoms with Crippen LogP contribution in [0.15, 0.2) is 24.3 Å². The minimum absolute atomic E-state index is 0.145. The fourth-order valence-electron chi connectivity index (χ4n) is 7.27. The second-order valence-corrected chi connectivity index (χ2v) is 11.1. The van der Waals surface area contributed by atoms with Gasteiger partial charge in [-0.05, 0) is 42.9 Å². The molecular weight excluding hydrogens is 460 g/mol. The van der Waals surface area contributed by atoms with Gasteiger partial charge in [-0.25, -0.2) is 4.79 Å². The molecular formula is C28H36N2O6. The molecule has 4 aliphatic rings. The van der Waals surface area contributed by atoms with Crippen molar-refractivity contribution in [3.63, 3.8) is 0 Å². The van der Waals surface area contributed by atoms with Crippen molar-refractivity contribution in [1.82, 2.24) is 10.2 Å². The van der Waals surface area contributed by atoms with E-state index in [4.69, 9.17) is 4.74 Å². The lowest BCUT2D eigenvalue weighted by molar-refractivity contribution is -0.153. The van der Waals surface area contributed by atoms with Crippen LogP contribution in [0.4, 0.5) is 0 Å². The third-order valence-electron chi connectivity index (χ3n) is 9.04. The molecule has 0 bridgehead atoms. The number of fused-ring (bicyclic) bond motifs is 1. The first kappa shape index (κ1) is 24.9. The molecule has 8 heteroatoms. The number of nitrogens with one attached hydrogen (secondary N) is 1. The first-order valence-corrected chi connectivity index (χ1v) is 13.4. The van der Waals surface area contributed by atoms with Gasteiger partial charge in [-0.3, -0.25) is 24.6 Å². The van der Waals surface area contributed by atoms with Crippen molar-refractivity contribution in [1.29, 1.82) is 0 Å². The Balaban J connectivity index is 1.54. The van der Waals surface area contributed by atoms with Crippen molar-refractivity contribution in [2.24, 2.45) is 17.8 Å². The van der Waals surface area contributed by atoms with Gasteiger partial charge in [-0.2, -0.15) is 0 Å². The number of rotatable bonds is 6. The molecule has 2 saturated heterocycles. The zero-order valence-corrected chi connectivity index (χ0v) is 20.9. The standard InChI is InChI=1S/C28H36N2O6/c1-36-26(33)19-14-12-18(13-15-19)23-21-22(25(32)30(24(21)31)20-10-6-3-7-11-20)28(29-23,27(34)35)16-17-8-4-2-5-9-17/h12-15,17,20-23,29H,2-11,16H2,1H3,(H,34,35). The number of methoxy groups -OCH3 is 1. The summed E-state index contributed by atoms with van der Waals surface area (Å²) in [6.45, 7) is 0. The number of carboxylic acids is 1. The van der Waals surface area contributed by atoms with Crippen LogP contribution >= 0.6 is 0 Å².